The molecule has 4 nitrogen and oxygen atoms in total. The van der Waals surface area contributed by atoms with E-state index in [1.807, 2.05) is 24.3 Å². The monoisotopic (exact) mass is 235 g/mol. The summed E-state index contributed by atoms with van der Waals surface area (Å²) in [6.45, 7) is 5.24. The van der Waals surface area contributed by atoms with Crippen LogP contribution in [0.4, 0.5) is 0 Å². The minimum Gasteiger partial charge on any atom is -0.409 e. The van der Waals surface area contributed by atoms with Gasteiger partial charge in [0.05, 0.1) is 0 Å². The van der Waals surface area contributed by atoms with Crippen LogP contribution >= 0.6 is 0 Å². The fourth-order valence-electron chi connectivity index (χ4n) is 1.64. The summed E-state index contributed by atoms with van der Waals surface area (Å²) in [5.74, 6) is 0.151. The number of hydrogen-bond donors (Lipinski definition) is 2. The number of rotatable bonds is 5. The molecule has 1 rings (SSSR count). The summed E-state index contributed by atoms with van der Waals surface area (Å²) >= 11 is 0. The van der Waals surface area contributed by atoms with Gasteiger partial charge in [-0.2, -0.15) is 0 Å². The lowest BCUT2D eigenvalue weighted by atomic mass is 10.1. The van der Waals surface area contributed by atoms with Crippen molar-refractivity contribution in [3.8, 4) is 0 Å². The van der Waals surface area contributed by atoms with E-state index < -0.39 is 0 Å². The first kappa shape index (κ1) is 13.5. The molecule has 17 heavy (non-hydrogen) atoms. The maximum atomic E-state index is 8.64. The molecular formula is C13H21N3O. The molecule has 0 heterocycles. The van der Waals surface area contributed by atoms with E-state index in [4.69, 9.17) is 10.9 Å². The molecule has 0 saturated carbocycles. The Bertz CT molecular complexity index is 390. The highest BCUT2D eigenvalue weighted by Gasteiger charge is 2.08. The molecule has 0 radical (unpaired) electrons. The van der Waals surface area contributed by atoms with Crippen LogP contribution in [-0.2, 0) is 6.54 Å². The van der Waals surface area contributed by atoms with Gasteiger partial charge in [0, 0.05) is 18.2 Å². The molecule has 0 amide bonds. The molecule has 0 bridgehead atoms. The number of hydrogen-bond acceptors (Lipinski definition) is 3. The Hall–Kier alpha value is -1.55. The van der Waals surface area contributed by atoms with Crippen molar-refractivity contribution in [2.75, 3.05) is 7.05 Å². The van der Waals surface area contributed by atoms with Gasteiger partial charge in [0.15, 0.2) is 5.84 Å². The zero-order valence-corrected chi connectivity index (χ0v) is 10.7. The molecule has 1 unspecified atom stereocenters. The molecule has 0 aliphatic carbocycles. The van der Waals surface area contributed by atoms with Crippen molar-refractivity contribution in [1.82, 2.24) is 4.90 Å². The van der Waals surface area contributed by atoms with Crippen molar-refractivity contribution in [3.05, 3.63) is 35.4 Å². The molecule has 4 heteroatoms. The van der Waals surface area contributed by atoms with Gasteiger partial charge in [0.25, 0.3) is 0 Å². The Balaban J connectivity index is 2.79. The van der Waals surface area contributed by atoms with Gasteiger partial charge in [-0.15, -0.1) is 0 Å². The third-order valence-electron chi connectivity index (χ3n) is 3.11. The van der Waals surface area contributed by atoms with Crippen molar-refractivity contribution in [3.63, 3.8) is 0 Å². The number of benzene rings is 1. The van der Waals surface area contributed by atoms with Gasteiger partial charge in [-0.25, -0.2) is 0 Å². The van der Waals surface area contributed by atoms with Crippen molar-refractivity contribution < 1.29 is 5.21 Å². The van der Waals surface area contributed by atoms with E-state index in [-0.39, 0.29) is 5.84 Å². The van der Waals surface area contributed by atoms with Crippen LogP contribution in [0.3, 0.4) is 0 Å². The van der Waals surface area contributed by atoms with Gasteiger partial charge >= 0.3 is 0 Å². The number of oxime groups is 1. The summed E-state index contributed by atoms with van der Waals surface area (Å²) in [4.78, 5) is 2.28. The number of amidine groups is 1. The highest BCUT2D eigenvalue weighted by atomic mass is 16.4. The zero-order chi connectivity index (χ0) is 12.8. The molecule has 3 N–H and O–H groups in total. The molecule has 0 spiro atoms. The minimum absolute atomic E-state index is 0.151. The molecule has 0 fully saturated rings. The van der Waals surface area contributed by atoms with Crippen LogP contribution in [0.1, 0.15) is 31.4 Å². The average molecular weight is 235 g/mol. The highest BCUT2D eigenvalue weighted by Crippen LogP contribution is 2.10. The molecule has 1 aromatic rings. The summed E-state index contributed by atoms with van der Waals surface area (Å²) in [7, 11) is 2.10. The summed E-state index contributed by atoms with van der Waals surface area (Å²) in [5, 5.41) is 11.7. The van der Waals surface area contributed by atoms with E-state index in [0.717, 1.165) is 24.1 Å². The van der Waals surface area contributed by atoms with E-state index in [1.54, 1.807) is 0 Å². The van der Waals surface area contributed by atoms with E-state index in [9.17, 15) is 0 Å². The second-order valence-corrected chi connectivity index (χ2v) is 4.36. The Morgan fingerprint density at radius 1 is 1.53 bits per heavy atom. The minimum atomic E-state index is 0.151. The van der Waals surface area contributed by atoms with E-state index in [2.05, 4.69) is 31.0 Å². The zero-order valence-electron chi connectivity index (χ0n) is 10.7. The van der Waals surface area contributed by atoms with Crippen molar-refractivity contribution in [2.45, 2.75) is 32.9 Å². The normalized spacial score (nSPS) is 14.0. The van der Waals surface area contributed by atoms with Crippen LogP contribution in [-0.4, -0.2) is 29.0 Å². The third kappa shape index (κ3) is 3.75. The third-order valence-corrected chi connectivity index (χ3v) is 3.11. The Morgan fingerprint density at radius 3 is 2.82 bits per heavy atom. The maximum Gasteiger partial charge on any atom is 0.170 e. The maximum absolute atomic E-state index is 8.64. The van der Waals surface area contributed by atoms with Crippen LogP contribution < -0.4 is 5.73 Å². The first-order chi connectivity index (χ1) is 8.08. The van der Waals surface area contributed by atoms with E-state index in [1.165, 1.54) is 0 Å². The summed E-state index contributed by atoms with van der Waals surface area (Å²) in [5.41, 5.74) is 7.48. The van der Waals surface area contributed by atoms with Gasteiger partial charge in [-0.05, 0) is 32.0 Å². The first-order valence-corrected chi connectivity index (χ1v) is 5.85. The second kappa shape index (κ2) is 6.25. The highest BCUT2D eigenvalue weighted by molar-refractivity contribution is 5.97. The van der Waals surface area contributed by atoms with Crippen LogP contribution in [0, 0.1) is 0 Å². The lowest BCUT2D eigenvalue weighted by Gasteiger charge is -2.23. The van der Waals surface area contributed by atoms with Crippen molar-refractivity contribution in [1.29, 1.82) is 0 Å². The van der Waals surface area contributed by atoms with Gasteiger partial charge in [0.2, 0.25) is 0 Å². The largest absolute Gasteiger partial charge is 0.409 e. The van der Waals surface area contributed by atoms with Gasteiger partial charge in [-0.3, -0.25) is 4.90 Å². The van der Waals surface area contributed by atoms with Crippen LogP contribution in [0.2, 0.25) is 0 Å². The molecular weight excluding hydrogens is 214 g/mol. The number of nitrogens with two attached hydrogens (primary N) is 1. The summed E-state index contributed by atoms with van der Waals surface area (Å²) in [6, 6.07) is 8.30. The standard InChI is InChI=1S/C13H21N3O/c1-4-10(2)16(3)9-11-6-5-7-12(8-11)13(14)15-17/h5-8,10,17H,4,9H2,1-3H3,(H2,14,15). The van der Waals surface area contributed by atoms with Crippen molar-refractivity contribution >= 4 is 5.84 Å². The van der Waals surface area contributed by atoms with E-state index >= 15 is 0 Å². The predicted octanol–water partition coefficient (Wildman–Crippen LogP) is 2.01. The second-order valence-electron chi connectivity index (χ2n) is 4.36. The summed E-state index contributed by atoms with van der Waals surface area (Å²) in [6.07, 6.45) is 1.12. The Morgan fingerprint density at radius 2 is 2.24 bits per heavy atom. The van der Waals surface area contributed by atoms with Crippen LogP contribution in [0.5, 0.6) is 0 Å². The fraction of sp³-hybridized carbons (Fsp3) is 0.462. The fourth-order valence-corrected chi connectivity index (χ4v) is 1.64. The quantitative estimate of drug-likeness (QED) is 0.355. The number of nitrogens with zero attached hydrogens (tertiary/aromatic N) is 2. The van der Waals surface area contributed by atoms with Gasteiger partial charge < -0.3 is 10.9 Å². The first-order valence-electron chi connectivity index (χ1n) is 5.85. The lowest BCUT2D eigenvalue weighted by molar-refractivity contribution is 0.244. The molecule has 94 valence electrons. The van der Waals surface area contributed by atoms with Gasteiger partial charge in [-0.1, -0.05) is 30.3 Å². The predicted molar refractivity (Wildman–Crippen MR) is 70.2 cm³/mol. The SMILES string of the molecule is CCC(C)N(C)Cc1cccc(/C(N)=N/O)c1. The smallest absolute Gasteiger partial charge is 0.170 e. The molecule has 1 atom stereocenters. The molecule has 0 aromatic heterocycles. The lowest BCUT2D eigenvalue weighted by Crippen LogP contribution is -2.27. The topological polar surface area (TPSA) is 61.8 Å². The van der Waals surface area contributed by atoms with Crippen molar-refractivity contribution in [2.24, 2.45) is 10.9 Å². The molecule has 0 saturated heterocycles. The van der Waals surface area contributed by atoms with Crippen LogP contribution in [0.25, 0.3) is 0 Å². The molecule has 0 aliphatic rings. The van der Waals surface area contributed by atoms with Gasteiger partial charge in [0.1, 0.15) is 0 Å². The molecule has 1 aromatic carbocycles. The Kier molecular flexibility index (Phi) is 4.97. The van der Waals surface area contributed by atoms with E-state index in [0.29, 0.717) is 6.04 Å². The Labute approximate surface area is 103 Å². The van der Waals surface area contributed by atoms with Crippen LogP contribution in [0.15, 0.2) is 29.4 Å². The summed E-state index contributed by atoms with van der Waals surface area (Å²) < 4.78 is 0. The molecule has 0 aliphatic heterocycles. The average Bonchev–Trinajstić information content (AvgIpc) is 2.37.